The van der Waals surface area contributed by atoms with Crippen molar-refractivity contribution >= 4 is 0 Å². The molecule has 0 atom stereocenters. The van der Waals surface area contributed by atoms with E-state index in [4.69, 9.17) is 14.2 Å². The fourth-order valence-electron chi connectivity index (χ4n) is 3.78. The smallest absolute Gasteiger partial charge is 0.168 e. The van der Waals surface area contributed by atoms with Crippen LogP contribution in [0.4, 0.5) is 0 Å². The van der Waals surface area contributed by atoms with Gasteiger partial charge in [0.05, 0.1) is 13.2 Å². The van der Waals surface area contributed by atoms with Crippen molar-refractivity contribution in [3.8, 4) is 5.75 Å². The first-order chi connectivity index (χ1) is 11.8. The van der Waals surface area contributed by atoms with Crippen molar-refractivity contribution in [1.29, 1.82) is 0 Å². The first kappa shape index (κ1) is 15.7. The Morgan fingerprint density at radius 3 is 2.42 bits per heavy atom. The molecule has 0 radical (unpaired) electrons. The van der Waals surface area contributed by atoms with Crippen molar-refractivity contribution in [2.45, 2.75) is 44.0 Å². The van der Waals surface area contributed by atoms with E-state index >= 15 is 0 Å². The molecule has 0 N–H and O–H groups in total. The Morgan fingerprint density at radius 1 is 0.917 bits per heavy atom. The van der Waals surface area contributed by atoms with Gasteiger partial charge in [-0.15, -0.1) is 0 Å². The van der Waals surface area contributed by atoms with Crippen LogP contribution in [0, 0.1) is 0 Å². The molecule has 0 amide bonds. The van der Waals surface area contributed by atoms with Crippen LogP contribution in [0.2, 0.25) is 0 Å². The molecule has 0 bridgehead atoms. The predicted octanol–water partition coefficient (Wildman–Crippen LogP) is 4.67. The molecular formula is C21H24O3. The Kier molecular flexibility index (Phi) is 4.54. The highest BCUT2D eigenvalue weighted by molar-refractivity contribution is 5.31. The topological polar surface area (TPSA) is 27.7 Å². The van der Waals surface area contributed by atoms with Gasteiger partial charge in [-0.25, -0.2) is 0 Å². The van der Waals surface area contributed by atoms with E-state index in [1.54, 1.807) is 0 Å². The third-order valence-electron chi connectivity index (χ3n) is 5.14. The number of hydrogen-bond acceptors (Lipinski definition) is 3. The van der Waals surface area contributed by atoms with Crippen molar-refractivity contribution in [1.82, 2.24) is 0 Å². The summed E-state index contributed by atoms with van der Waals surface area (Å²) in [6.45, 7) is 2.10. The maximum Gasteiger partial charge on any atom is 0.168 e. The number of ether oxygens (including phenoxy) is 3. The molecule has 1 aliphatic heterocycles. The first-order valence-corrected chi connectivity index (χ1v) is 8.88. The van der Waals surface area contributed by atoms with Gasteiger partial charge in [0, 0.05) is 12.8 Å². The van der Waals surface area contributed by atoms with Crippen molar-refractivity contribution in [2.75, 3.05) is 13.2 Å². The third kappa shape index (κ3) is 3.47. The molecule has 0 aromatic heterocycles. The summed E-state index contributed by atoms with van der Waals surface area (Å²) in [5, 5.41) is 0. The third-order valence-corrected chi connectivity index (χ3v) is 5.14. The zero-order valence-electron chi connectivity index (χ0n) is 13.9. The molecule has 1 saturated heterocycles. The maximum absolute atomic E-state index is 5.97. The van der Waals surface area contributed by atoms with Crippen LogP contribution in [0.1, 0.15) is 42.7 Å². The fraction of sp³-hybridized carbons (Fsp3) is 0.429. The van der Waals surface area contributed by atoms with Gasteiger partial charge in [-0.1, -0.05) is 42.5 Å². The summed E-state index contributed by atoms with van der Waals surface area (Å²) < 4.78 is 17.6. The number of rotatable bonds is 4. The van der Waals surface area contributed by atoms with E-state index in [9.17, 15) is 0 Å². The van der Waals surface area contributed by atoms with Crippen molar-refractivity contribution in [3.05, 3.63) is 65.7 Å². The minimum Gasteiger partial charge on any atom is -0.489 e. The summed E-state index contributed by atoms with van der Waals surface area (Å²) in [5.41, 5.74) is 2.56. The Bertz CT molecular complexity index is 652. The maximum atomic E-state index is 5.97. The Balaban J connectivity index is 1.38. The summed E-state index contributed by atoms with van der Waals surface area (Å²) >= 11 is 0. The van der Waals surface area contributed by atoms with Crippen LogP contribution in [-0.4, -0.2) is 19.0 Å². The van der Waals surface area contributed by atoms with Gasteiger partial charge in [-0.3, -0.25) is 0 Å². The minimum absolute atomic E-state index is 0.280. The van der Waals surface area contributed by atoms with E-state index in [1.807, 2.05) is 24.3 Å². The molecule has 2 aromatic rings. The molecule has 1 aliphatic carbocycles. The predicted molar refractivity (Wildman–Crippen MR) is 93.1 cm³/mol. The van der Waals surface area contributed by atoms with Crippen molar-refractivity contribution < 1.29 is 14.2 Å². The summed E-state index contributed by atoms with van der Waals surface area (Å²) in [5.74, 6) is 1.24. The highest BCUT2D eigenvalue weighted by Gasteiger charge is 2.40. The number of benzene rings is 2. The molecule has 2 aliphatic rings. The zero-order chi connectivity index (χ0) is 16.2. The molecule has 2 aromatic carbocycles. The van der Waals surface area contributed by atoms with E-state index < -0.39 is 0 Å². The quantitative estimate of drug-likeness (QED) is 0.818. The second-order valence-corrected chi connectivity index (χ2v) is 6.73. The van der Waals surface area contributed by atoms with Gasteiger partial charge in [0.25, 0.3) is 0 Å². The van der Waals surface area contributed by atoms with Crippen molar-refractivity contribution in [3.63, 3.8) is 0 Å². The van der Waals surface area contributed by atoms with Crippen LogP contribution in [0.3, 0.4) is 0 Å². The largest absolute Gasteiger partial charge is 0.489 e. The molecule has 1 spiro atoms. The molecule has 1 heterocycles. The Morgan fingerprint density at radius 2 is 1.67 bits per heavy atom. The summed E-state index contributed by atoms with van der Waals surface area (Å²) in [6, 6.07) is 18.8. The lowest BCUT2D eigenvalue weighted by Gasteiger charge is -2.35. The summed E-state index contributed by atoms with van der Waals surface area (Å²) in [4.78, 5) is 0. The lowest BCUT2D eigenvalue weighted by molar-refractivity contribution is -0.178. The van der Waals surface area contributed by atoms with E-state index in [2.05, 4.69) is 30.3 Å². The highest BCUT2D eigenvalue weighted by Crippen LogP contribution is 2.42. The Hall–Kier alpha value is -1.84. The van der Waals surface area contributed by atoms with Gasteiger partial charge in [0.1, 0.15) is 12.4 Å². The van der Waals surface area contributed by atoms with Gasteiger partial charge in [-0.05, 0) is 42.0 Å². The monoisotopic (exact) mass is 324 g/mol. The summed E-state index contributed by atoms with van der Waals surface area (Å²) in [6.07, 6.45) is 4.21. The fourth-order valence-corrected chi connectivity index (χ4v) is 3.78. The minimum atomic E-state index is -0.280. The van der Waals surface area contributed by atoms with E-state index in [-0.39, 0.29) is 5.79 Å². The second-order valence-electron chi connectivity index (χ2n) is 6.73. The molecule has 3 heteroatoms. The molecule has 0 unspecified atom stereocenters. The zero-order valence-corrected chi connectivity index (χ0v) is 13.9. The van der Waals surface area contributed by atoms with Crippen LogP contribution in [0.25, 0.3) is 0 Å². The average Bonchev–Trinajstić information content (AvgIpc) is 3.10. The molecule has 24 heavy (non-hydrogen) atoms. The molecule has 2 fully saturated rings. The van der Waals surface area contributed by atoms with E-state index in [1.165, 1.54) is 11.1 Å². The second kappa shape index (κ2) is 6.96. The van der Waals surface area contributed by atoms with E-state index in [0.29, 0.717) is 12.5 Å². The van der Waals surface area contributed by atoms with Gasteiger partial charge in [-0.2, -0.15) is 0 Å². The van der Waals surface area contributed by atoms with Gasteiger partial charge >= 0.3 is 0 Å². The molecule has 3 nitrogen and oxygen atoms in total. The van der Waals surface area contributed by atoms with Crippen LogP contribution in [0.5, 0.6) is 5.75 Å². The normalized spacial score (nSPS) is 20.3. The summed E-state index contributed by atoms with van der Waals surface area (Å²) in [7, 11) is 0. The van der Waals surface area contributed by atoms with E-state index in [0.717, 1.165) is 44.6 Å². The van der Waals surface area contributed by atoms with Crippen LogP contribution < -0.4 is 4.74 Å². The van der Waals surface area contributed by atoms with Crippen LogP contribution >= 0.6 is 0 Å². The van der Waals surface area contributed by atoms with Crippen LogP contribution in [-0.2, 0) is 16.1 Å². The SMILES string of the molecule is c1ccc(COc2cccc(C3CCC4(CC3)OCCO4)c2)cc1. The van der Waals surface area contributed by atoms with Crippen LogP contribution in [0.15, 0.2) is 54.6 Å². The highest BCUT2D eigenvalue weighted by atomic mass is 16.7. The van der Waals surface area contributed by atoms with Gasteiger partial charge < -0.3 is 14.2 Å². The first-order valence-electron chi connectivity index (χ1n) is 8.88. The lowest BCUT2D eigenvalue weighted by Crippen LogP contribution is -2.34. The van der Waals surface area contributed by atoms with Gasteiger partial charge in [0.2, 0.25) is 0 Å². The average molecular weight is 324 g/mol. The lowest BCUT2D eigenvalue weighted by atomic mass is 9.81. The molecule has 126 valence electrons. The molecule has 4 rings (SSSR count). The van der Waals surface area contributed by atoms with Crippen molar-refractivity contribution in [2.24, 2.45) is 0 Å². The standard InChI is InChI=1S/C21H24O3/c1-2-5-17(6-3-1)16-22-20-8-4-7-19(15-20)18-9-11-21(12-10-18)23-13-14-24-21/h1-8,15,18H,9-14,16H2. The molecule has 1 saturated carbocycles. The Labute approximate surface area is 143 Å². The molecular weight excluding hydrogens is 300 g/mol. The van der Waals surface area contributed by atoms with Gasteiger partial charge in [0.15, 0.2) is 5.79 Å². The number of hydrogen-bond donors (Lipinski definition) is 0.